The number of rotatable bonds is 3. The molecule has 0 unspecified atom stereocenters. The molecule has 2 rings (SSSR count). The van der Waals surface area contributed by atoms with Gasteiger partial charge in [0.1, 0.15) is 12.3 Å². The molecule has 0 aromatic carbocycles. The van der Waals surface area contributed by atoms with E-state index in [1.807, 2.05) is 0 Å². The van der Waals surface area contributed by atoms with E-state index in [1.165, 1.54) is 17.4 Å². The summed E-state index contributed by atoms with van der Waals surface area (Å²) in [6.07, 6.45) is 1.31. The summed E-state index contributed by atoms with van der Waals surface area (Å²) in [5.41, 5.74) is 0.0152. The van der Waals surface area contributed by atoms with Crippen molar-refractivity contribution in [1.29, 1.82) is 0 Å². The van der Waals surface area contributed by atoms with E-state index < -0.39 is 22.6 Å². The fourth-order valence-electron chi connectivity index (χ4n) is 1.25. The van der Waals surface area contributed by atoms with Crippen molar-refractivity contribution in [2.45, 2.75) is 0 Å². The van der Waals surface area contributed by atoms with Crippen LogP contribution in [-0.2, 0) is 15.0 Å². The molecule has 1 aliphatic heterocycles. The maximum Gasteiger partial charge on any atom is 0.342 e. The van der Waals surface area contributed by atoms with Crippen LogP contribution in [0, 0.1) is 0 Å². The van der Waals surface area contributed by atoms with E-state index in [-0.39, 0.29) is 11.4 Å². The lowest BCUT2D eigenvalue weighted by Gasteiger charge is -2.13. The molecule has 1 aliphatic rings. The molecule has 2 N–H and O–H groups in total. The predicted octanol–water partition coefficient (Wildman–Crippen LogP) is -0.0606. The van der Waals surface area contributed by atoms with Crippen LogP contribution in [0.1, 0.15) is 4.88 Å². The summed E-state index contributed by atoms with van der Waals surface area (Å²) in [6.45, 7) is -0.775. The third kappa shape index (κ3) is 2.60. The Morgan fingerprint density at radius 1 is 1.53 bits per heavy atom. The van der Waals surface area contributed by atoms with Crippen LogP contribution in [0.3, 0.4) is 0 Å². The predicted molar refractivity (Wildman–Crippen MR) is 63.9 cm³/mol. The second-order valence-corrected chi connectivity index (χ2v) is 5.45. The van der Waals surface area contributed by atoms with Crippen molar-refractivity contribution < 1.29 is 18.3 Å². The highest BCUT2D eigenvalue weighted by Gasteiger charge is 2.22. The van der Waals surface area contributed by atoms with Crippen molar-refractivity contribution in [3.8, 4) is 0 Å². The molecule has 8 heteroatoms. The van der Waals surface area contributed by atoms with Crippen LogP contribution in [0.15, 0.2) is 28.0 Å². The van der Waals surface area contributed by atoms with Crippen molar-refractivity contribution in [2.24, 2.45) is 4.40 Å². The van der Waals surface area contributed by atoms with E-state index >= 15 is 0 Å². The zero-order valence-electron chi connectivity index (χ0n) is 8.45. The average Bonchev–Trinajstić information content (AvgIpc) is 2.79. The molecular formula is C9H8N2O4S2. The van der Waals surface area contributed by atoms with Gasteiger partial charge in [-0.05, 0) is 17.5 Å². The Labute approximate surface area is 101 Å². The number of Topliss-reactive ketones (excluding diaryl/α,β-unsaturated/α-hetero) is 1. The first kappa shape index (κ1) is 12.0. The summed E-state index contributed by atoms with van der Waals surface area (Å²) < 4.78 is 28.3. The number of carbonyl (C=O) groups excluding carboxylic acids is 1. The summed E-state index contributed by atoms with van der Waals surface area (Å²) in [5.74, 6) is -0.732. The number of hydrogen-bond donors (Lipinski definition) is 2. The summed E-state index contributed by atoms with van der Waals surface area (Å²) >= 11 is 1.33. The first-order valence-corrected chi connectivity index (χ1v) is 6.86. The third-order valence-electron chi connectivity index (χ3n) is 1.95. The van der Waals surface area contributed by atoms with Gasteiger partial charge >= 0.3 is 10.2 Å². The minimum absolute atomic E-state index is 0.269. The number of nitrogens with zero attached hydrogens (tertiary/aromatic N) is 1. The van der Waals surface area contributed by atoms with E-state index in [2.05, 4.69) is 9.12 Å². The first-order chi connectivity index (χ1) is 8.02. The Balaban J connectivity index is 2.46. The third-order valence-corrected chi connectivity index (χ3v) is 3.77. The van der Waals surface area contributed by atoms with Gasteiger partial charge in [-0.2, -0.15) is 8.42 Å². The van der Waals surface area contributed by atoms with Gasteiger partial charge in [-0.3, -0.25) is 9.52 Å². The van der Waals surface area contributed by atoms with Gasteiger partial charge in [0.2, 0.25) is 5.78 Å². The molecule has 0 atom stereocenters. The zero-order valence-corrected chi connectivity index (χ0v) is 10.1. The molecule has 0 amide bonds. The number of thiophene rings is 1. The van der Waals surface area contributed by atoms with E-state index in [9.17, 15) is 13.2 Å². The number of ketones is 1. The zero-order chi connectivity index (χ0) is 12.5. The Kier molecular flexibility index (Phi) is 3.09. The molecule has 17 heavy (non-hydrogen) atoms. The van der Waals surface area contributed by atoms with Crippen molar-refractivity contribution >= 4 is 38.7 Å². The molecule has 0 aliphatic carbocycles. The standard InChI is InChI=1S/C9H8N2O4S2/c12-5-8(13)6-4-7(9-2-1-3-16-9)11-17(14,15)10-6/h1-4,11-12H,5H2. The van der Waals surface area contributed by atoms with Crippen LogP contribution in [0.5, 0.6) is 0 Å². The smallest absolute Gasteiger partial charge is 0.342 e. The number of aliphatic hydroxyl groups is 1. The van der Waals surface area contributed by atoms with Gasteiger partial charge in [-0.25, -0.2) is 0 Å². The van der Waals surface area contributed by atoms with Crippen molar-refractivity contribution in [1.82, 2.24) is 4.72 Å². The molecule has 0 fully saturated rings. The molecule has 1 aromatic heterocycles. The van der Waals surface area contributed by atoms with Gasteiger partial charge in [0, 0.05) is 0 Å². The Morgan fingerprint density at radius 3 is 2.88 bits per heavy atom. The first-order valence-electron chi connectivity index (χ1n) is 4.54. The SMILES string of the molecule is O=C(CO)C1=NS(=O)(=O)NC(c2cccs2)=C1. The monoisotopic (exact) mass is 272 g/mol. The average molecular weight is 272 g/mol. The number of hydrogen-bond acceptors (Lipinski definition) is 5. The molecular weight excluding hydrogens is 264 g/mol. The molecule has 0 saturated carbocycles. The van der Waals surface area contributed by atoms with Crippen LogP contribution >= 0.6 is 11.3 Å². The van der Waals surface area contributed by atoms with E-state index in [4.69, 9.17) is 5.11 Å². The van der Waals surface area contributed by atoms with E-state index in [1.54, 1.807) is 17.5 Å². The summed E-state index contributed by atoms with van der Waals surface area (Å²) in [4.78, 5) is 11.9. The Bertz CT molecular complexity index is 599. The molecule has 6 nitrogen and oxygen atoms in total. The van der Waals surface area contributed by atoms with Crippen molar-refractivity contribution in [2.75, 3.05) is 6.61 Å². The molecule has 0 spiro atoms. The van der Waals surface area contributed by atoms with Gasteiger partial charge in [0.15, 0.2) is 0 Å². The van der Waals surface area contributed by atoms with E-state index in [0.717, 1.165) is 0 Å². The van der Waals surface area contributed by atoms with Crippen LogP contribution in [0.4, 0.5) is 0 Å². The van der Waals surface area contributed by atoms with Crippen molar-refractivity contribution in [3.63, 3.8) is 0 Å². The second kappa shape index (κ2) is 4.40. The Hall–Kier alpha value is -1.51. The van der Waals surface area contributed by atoms with Gasteiger partial charge in [0.25, 0.3) is 0 Å². The van der Waals surface area contributed by atoms with E-state index in [0.29, 0.717) is 4.88 Å². The van der Waals surface area contributed by atoms with Gasteiger partial charge in [-0.1, -0.05) is 6.07 Å². The summed E-state index contributed by atoms with van der Waals surface area (Å²) in [7, 11) is -3.92. The van der Waals surface area contributed by atoms with Gasteiger partial charge in [0.05, 0.1) is 10.6 Å². The second-order valence-electron chi connectivity index (χ2n) is 3.17. The van der Waals surface area contributed by atoms with Crippen LogP contribution in [0.25, 0.3) is 5.70 Å². The fraction of sp³-hybridized carbons (Fsp3) is 0.111. The maximum absolute atomic E-state index is 11.4. The highest BCUT2D eigenvalue weighted by molar-refractivity contribution is 7.88. The summed E-state index contributed by atoms with van der Waals surface area (Å²) in [5, 5.41) is 10.5. The number of aliphatic hydroxyl groups excluding tert-OH is 1. The summed E-state index contributed by atoms with van der Waals surface area (Å²) in [6, 6.07) is 3.47. The lowest BCUT2D eigenvalue weighted by atomic mass is 10.2. The van der Waals surface area contributed by atoms with Crippen LogP contribution in [-0.4, -0.2) is 31.6 Å². The molecule has 0 saturated heterocycles. The lowest BCUT2D eigenvalue weighted by Crippen LogP contribution is -2.29. The highest BCUT2D eigenvalue weighted by Crippen LogP contribution is 2.21. The number of carbonyl (C=O) groups is 1. The molecule has 0 radical (unpaired) electrons. The van der Waals surface area contributed by atoms with Gasteiger partial charge in [-0.15, -0.1) is 15.7 Å². The minimum Gasteiger partial charge on any atom is -0.388 e. The molecule has 0 bridgehead atoms. The number of allylic oxidation sites excluding steroid dienone is 1. The Morgan fingerprint density at radius 2 is 2.29 bits per heavy atom. The normalized spacial score (nSPS) is 17.9. The van der Waals surface area contributed by atoms with Crippen LogP contribution < -0.4 is 4.72 Å². The highest BCUT2D eigenvalue weighted by atomic mass is 32.2. The topological polar surface area (TPSA) is 95.8 Å². The minimum atomic E-state index is -3.92. The maximum atomic E-state index is 11.4. The quantitative estimate of drug-likeness (QED) is 0.805. The van der Waals surface area contributed by atoms with Crippen molar-refractivity contribution in [3.05, 3.63) is 28.5 Å². The van der Waals surface area contributed by atoms with Gasteiger partial charge < -0.3 is 5.11 Å². The number of nitrogens with one attached hydrogen (secondary N) is 1. The fourth-order valence-corrected chi connectivity index (χ4v) is 2.92. The molecule has 2 heterocycles. The lowest BCUT2D eigenvalue weighted by molar-refractivity contribution is -0.115. The molecule has 90 valence electrons. The molecule has 1 aromatic rings. The van der Waals surface area contributed by atoms with Crippen LogP contribution in [0.2, 0.25) is 0 Å². The largest absolute Gasteiger partial charge is 0.388 e.